The number of hydrogen-bond acceptors (Lipinski definition) is 5. The van der Waals surface area contributed by atoms with Gasteiger partial charge in [0.25, 0.3) is 5.91 Å². The van der Waals surface area contributed by atoms with Crippen molar-refractivity contribution in [2.24, 2.45) is 0 Å². The molecule has 4 rings (SSSR count). The quantitative estimate of drug-likeness (QED) is 0.388. The second kappa shape index (κ2) is 10.9. The largest absolute Gasteiger partial charge is 0.444 e. The van der Waals surface area contributed by atoms with Gasteiger partial charge in [0.15, 0.2) is 0 Å². The molecule has 38 heavy (non-hydrogen) atoms. The number of carbonyl (C=O) groups is 2. The number of pyridine rings is 1. The highest BCUT2D eigenvalue weighted by Gasteiger charge is 2.33. The molecule has 1 aliphatic heterocycles. The minimum absolute atomic E-state index is 0.113. The van der Waals surface area contributed by atoms with Crippen molar-refractivity contribution in [1.29, 1.82) is 0 Å². The minimum atomic E-state index is -2.72. The first-order valence-electron chi connectivity index (χ1n) is 12.8. The summed E-state index contributed by atoms with van der Waals surface area (Å²) in [5.41, 5.74) is 1.71. The van der Waals surface area contributed by atoms with Gasteiger partial charge in [0.1, 0.15) is 11.4 Å². The molecule has 202 valence electrons. The van der Waals surface area contributed by atoms with Gasteiger partial charge in [0, 0.05) is 37.0 Å². The molecule has 2 aromatic carbocycles. The van der Waals surface area contributed by atoms with Gasteiger partial charge in [0.2, 0.25) is 5.92 Å². The highest BCUT2D eigenvalue weighted by Crippen LogP contribution is 2.32. The number of alkyl halides is 2. The Labute approximate surface area is 221 Å². The number of aromatic nitrogens is 1. The van der Waals surface area contributed by atoms with Crippen molar-refractivity contribution in [3.05, 3.63) is 65.7 Å². The lowest BCUT2D eigenvalue weighted by atomic mass is 10.1. The number of fused-ring (bicyclic) bond motifs is 1. The van der Waals surface area contributed by atoms with Gasteiger partial charge in [-0.05, 0) is 63.9 Å². The second-order valence-electron chi connectivity index (χ2n) is 10.7. The number of nitrogens with one attached hydrogen (secondary N) is 2. The molecule has 3 aromatic rings. The van der Waals surface area contributed by atoms with Crippen LogP contribution in [0.15, 0.2) is 54.6 Å². The number of hydrogen-bond donors (Lipinski definition) is 2. The Hall–Kier alpha value is -3.75. The normalized spacial score (nSPS) is 16.4. The standard InChI is InChI=1S/C29H34F2N4O3/c1-19(32-27(37)38-28(2,3)4)20-10-7-11-22(17-20)33-26(36)23-18-21-9-5-6-12-24(21)34-25(23)35-15-8-13-29(30,31)14-16-35/h5-7,9-12,17-19H,8,13-16H2,1-4H3,(H,32,37)(H,33,36). The zero-order chi connectivity index (χ0) is 27.5. The first-order chi connectivity index (χ1) is 17.9. The molecular weight excluding hydrogens is 490 g/mol. The Kier molecular flexibility index (Phi) is 7.85. The Bertz CT molecular complexity index is 1320. The van der Waals surface area contributed by atoms with Crippen LogP contribution in [0.5, 0.6) is 0 Å². The Balaban J connectivity index is 1.58. The highest BCUT2D eigenvalue weighted by atomic mass is 19.3. The van der Waals surface area contributed by atoms with E-state index in [9.17, 15) is 18.4 Å². The molecule has 1 unspecified atom stereocenters. The van der Waals surface area contributed by atoms with Crippen LogP contribution in [0.3, 0.4) is 0 Å². The van der Waals surface area contributed by atoms with Gasteiger partial charge < -0.3 is 20.3 Å². The molecule has 2 amide bonds. The van der Waals surface area contributed by atoms with Crippen molar-refractivity contribution < 1.29 is 23.1 Å². The zero-order valence-corrected chi connectivity index (χ0v) is 22.2. The van der Waals surface area contributed by atoms with E-state index in [1.807, 2.05) is 37.3 Å². The number of benzene rings is 2. The van der Waals surface area contributed by atoms with Gasteiger partial charge in [-0.3, -0.25) is 4.79 Å². The lowest BCUT2D eigenvalue weighted by molar-refractivity contribution is -0.0102. The number of alkyl carbamates (subject to hydrolysis) is 1. The van der Waals surface area contributed by atoms with Gasteiger partial charge in [-0.15, -0.1) is 0 Å². The lowest BCUT2D eigenvalue weighted by Crippen LogP contribution is -2.34. The predicted octanol–water partition coefficient (Wildman–Crippen LogP) is 6.70. The molecule has 2 N–H and O–H groups in total. The van der Waals surface area contributed by atoms with Crippen molar-refractivity contribution in [1.82, 2.24) is 10.3 Å². The fourth-order valence-electron chi connectivity index (χ4n) is 4.44. The van der Waals surface area contributed by atoms with Crippen LogP contribution in [-0.4, -0.2) is 41.6 Å². The fourth-order valence-corrected chi connectivity index (χ4v) is 4.44. The maximum Gasteiger partial charge on any atom is 0.408 e. The van der Waals surface area contributed by atoms with Crippen LogP contribution in [0, 0.1) is 0 Å². The van der Waals surface area contributed by atoms with Gasteiger partial charge in [-0.1, -0.05) is 30.3 Å². The second-order valence-corrected chi connectivity index (χ2v) is 10.7. The average molecular weight is 525 g/mol. The van der Waals surface area contributed by atoms with E-state index in [1.54, 1.807) is 49.9 Å². The van der Waals surface area contributed by atoms with E-state index < -0.39 is 17.6 Å². The Morgan fingerprint density at radius 2 is 1.82 bits per heavy atom. The first kappa shape index (κ1) is 27.3. The van der Waals surface area contributed by atoms with Crippen molar-refractivity contribution in [3.8, 4) is 0 Å². The third-order valence-electron chi connectivity index (χ3n) is 6.34. The summed E-state index contributed by atoms with van der Waals surface area (Å²) in [6.07, 6.45) is -0.685. The number of ether oxygens (including phenoxy) is 1. The summed E-state index contributed by atoms with van der Waals surface area (Å²) in [5.74, 6) is -2.72. The van der Waals surface area contributed by atoms with Crippen LogP contribution in [0.1, 0.15) is 68.9 Å². The molecular formula is C29H34F2N4O3. The lowest BCUT2D eigenvalue weighted by Gasteiger charge is -2.24. The van der Waals surface area contributed by atoms with Crippen LogP contribution >= 0.6 is 0 Å². The molecule has 0 bridgehead atoms. The average Bonchev–Trinajstić information content (AvgIpc) is 3.02. The smallest absolute Gasteiger partial charge is 0.408 e. The van der Waals surface area contributed by atoms with Crippen LogP contribution in [0.4, 0.5) is 25.1 Å². The molecule has 1 fully saturated rings. The number of amides is 2. The molecule has 1 saturated heterocycles. The van der Waals surface area contributed by atoms with E-state index >= 15 is 0 Å². The van der Waals surface area contributed by atoms with Crippen molar-refractivity contribution in [2.75, 3.05) is 23.3 Å². The first-order valence-corrected chi connectivity index (χ1v) is 12.8. The molecule has 1 atom stereocenters. The molecule has 2 heterocycles. The summed E-state index contributed by atoms with van der Waals surface area (Å²) >= 11 is 0. The van der Waals surface area contributed by atoms with Crippen molar-refractivity contribution in [3.63, 3.8) is 0 Å². The zero-order valence-electron chi connectivity index (χ0n) is 22.2. The van der Waals surface area contributed by atoms with E-state index in [1.165, 1.54) is 0 Å². The third kappa shape index (κ3) is 6.96. The van der Waals surface area contributed by atoms with E-state index in [2.05, 4.69) is 10.6 Å². The number of para-hydroxylation sites is 1. The number of halogens is 2. The Morgan fingerprint density at radius 1 is 1.05 bits per heavy atom. The van der Waals surface area contributed by atoms with E-state index in [0.717, 1.165) is 10.9 Å². The number of nitrogens with zero attached hydrogens (tertiary/aromatic N) is 2. The predicted molar refractivity (Wildman–Crippen MR) is 145 cm³/mol. The van der Waals surface area contributed by atoms with Gasteiger partial charge in [-0.2, -0.15) is 0 Å². The van der Waals surface area contributed by atoms with Gasteiger partial charge in [0.05, 0.1) is 17.1 Å². The van der Waals surface area contributed by atoms with E-state index in [-0.39, 0.29) is 31.3 Å². The number of carbonyl (C=O) groups excluding carboxylic acids is 2. The molecule has 0 saturated carbocycles. The monoisotopic (exact) mass is 524 g/mol. The third-order valence-corrected chi connectivity index (χ3v) is 6.34. The van der Waals surface area contributed by atoms with Crippen LogP contribution in [0.25, 0.3) is 10.9 Å². The maximum absolute atomic E-state index is 14.1. The summed E-state index contributed by atoms with van der Waals surface area (Å²) in [6, 6.07) is 16.0. The summed E-state index contributed by atoms with van der Waals surface area (Å²) < 4.78 is 33.4. The van der Waals surface area contributed by atoms with E-state index in [4.69, 9.17) is 9.72 Å². The molecule has 0 radical (unpaired) electrons. The topological polar surface area (TPSA) is 83.6 Å². The van der Waals surface area contributed by atoms with E-state index in [0.29, 0.717) is 35.6 Å². The molecule has 1 aliphatic rings. The number of rotatable bonds is 5. The molecule has 0 spiro atoms. The molecule has 0 aliphatic carbocycles. The van der Waals surface area contributed by atoms with Crippen LogP contribution < -0.4 is 15.5 Å². The summed E-state index contributed by atoms with van der Waals surface area (Å²) in [5, 5.41) is 6.50. The Morgan fingerprint density at radius 3 is 2.58 bits per heavy atom. The van der Waals surface area contributed by atoms with Crippen molar-refractivity contribution >= 4 is 34.4 Å². The fraction of sp³-hybridized carbons (Fsp3) is 0.414. The SMILES string of the molecule is CC(NC(=O)OC(C)(C)C)c1cccc(NC(=O)c2cc3ccccc3nc2N2CCCC(F)(F)CC2)c1. The summed E-state index contributed by atoms with van der Waals surface area (Å²) in [7, 11) is 0. The molecule has 7 nitrogen and oxygen atoms in total. The number of anilines is 2. The highest BCUT2D eigenvalue weighted by molar-refractivity contribution is 6.09. The summed E-state index contributed by atoms with van der Waals surface area (Å²) in [4.78, 5) is 32.2. The van der Waals surface area contributed by atoms with Crippen molar-refractivity contribution in [2.45, 2.75) is 64.5 Å². The van der Waals surface area contributed by atoms with Crippen LogP contribution in [0.2, 0.25) is 0 Å². The summed E-state index contributed by atoms with van der Waals surface area (Å²) in [6.45, 7) is 7.71. The van der Waals surface area contributed by atoms with Gasteiger partial charge in [-0.25, -0.2) is 18.6 Å². The van der Waals surface area contributed by atoms with Crippen LogP contribution in [-0.2, 0) is 4.74 Å². The van der Waals surface area contributed by atoms with Gasteiger partial charge >= 0.3 is 6.09 Å². The maximum atomic E-state index is 14.1. The molecule has 9 heteroatoms. The molecule has 1 aromatic heterocycles. The minimum Gasteiger partial charge on any atom is -0.444 e.